The zero-order valence-corrected chi connectivity index (χ0v) is 12.7. The van der Waals surface area contributed by atoms with Gasteiger partial charge in [0.1, 0.15) is 0 Å². The molecule has 4 aliphatic rings. The Morgan fingerprint density at radius 3 is 2.95 bits per heavy atom. The van der Waals surface area contributed by atoms with Crippen LogP contribution in [0.15, 0.2) is 17.8 Å². The lowest BCUT2D eigenvalue weighted by Crippen LogP contribution is -2.23. The van der Waals surface area contributed by atoms with E-state index >= 15 is 0 Å². The highest BCUT2D eigenvalue weighted by Gasteiger charge is 2.36. The molecule has 3 heterocycles. The van der Waals surface area contributed by atoms with Crippen molar-refractivity contribution >= 4 is 28.4 Å². The van der Waals surface area contributed by atoms with Crippen LogP contribution in [0.4, 0.5) is 0 Å². The van der Waals surface area contributed by atoms with Crippen LogP contribution < -0.4 is 9.47 Å². The Morgan fingerprint density at radius 1 is 1.14 bits per heavy atom. The summed E-state index contributed by atoms with van der Waals surface area (Å²) in [6, 6.07) is 2.17. The van der Waals surface area contributed by atoms with Crippen molar-refractivity contribution in [3.63, 3.8) is 0 Å². The van der Waals surface area contributed by atoms with Gasteiger partial charge < -0.3 is 14.4 Å². The van der Waals surface area contributed by atoms with Gasteiger partial charge in [-0.25, -0.2) is 0 Å². The number of benzene rings is 1. The molecular weight excluding hydrogens is 282 g/mol. The van der Waals surface area contributed by atoms with Crippen LogP contribution in [0.25, 0.3) is 11.1 Å². The molecule has 0 radical (unpaired) electrons. The Bertz CT molecular complexity index is 775. The van der Waals surface area contributed by atoms with Crippen molar-refractivity contribution in [2.75, 3.05) is 13.3 Å². The molecule has 0 atom stereocenters. The van der Waals surface area contributed by atoms with Crippen molar-refractivity contribution in [3.05, 3.63) is 34.5 Å². The fourth-order valence-corrected chi connectivity index (χ4v) is 4.29. The molecule has 21 heavy (non-hydrogen) atoms. The molecule has 5 rings (SSSR count). The summed E-state index contributed by atoms with van der Waals surface area (Å²) in [7, 11) is 0. The first-order valence-electron chi connectivity index (χ1n) is 7.42. The lowest BCUT2D eigenvalue weighted by atomic mass is 9.94. The van der Waals surface area contributed by atoms with Gasteiger partial charge in [0, 0.05) is 29.8 Å². The van der Waals surface area contributed by atoms with Crippen LogP contribution in [-0.2, 0) is 6.42 Å². The Hall–Kier alpha value is -1.81. The van der Waals surface area contributed by atoms with Crippen LogP contribution >= 0.6 is 12.2 Å². The molecule has 0 unspecified atom stereocenters. The van der Waals surface area contributed by atoms with Gasteiger partial charge in [-0.1, -0.05) is 12.2 Å². The van der Waals surface area contributed by atoms with E-state index in [1.54, 1.807) is 0 Å². The summed E-state index contributed by atoms with van der Waals surface area (Å²) >= 11 is 5.54. The molecule has 4 heteroatoms. The molecule has 3 nitrogen and oxygen atoms in total. The maximum atomic E-state index is 5.73. The topological polar surface area (TPSA) is 21.7 Å². The summed E-state index contributed by atoms with van der Waals surface area (Å²) < 4.78 is 11.4. The fourth-order valence-electron chi connectivity index (χ4n) is 3.98. The van der Waals surface area contributed by atoms with E-state index in [1.165, 1.54) is 33.5 Å². The fraction of sp³-hybridized carbons (Fsp3) is 0.353. The van der Waals surface area contributed by atoms with E-state index in [0.29, 0.717) is 6.79 Å². The number of rotatable bonds is 0. The molecule has 106 valence electrons. The SMILES string of the molecule is CC1=CC2=C3CCC(=S)N3CCc3cc4c(c1c32)OCO4. The Kier molecular flexibility index (Phi) is 2.19. The molecule has 0 saturated carbocycles. The van der Waals surface area contributed by atoms with Gasteiger partial charge in [0.15, 0.2) is 11.5 Å². The molecule has 1 fully saturated rings. The molecule has 0 spiro atoms. The molecular formula is C17H15NO2S. The normalized spacial score (nSPS) is 21.5. The van der Waals surface area contributed by atoms with Crippen molar-refractivity contribution < 1.29 is 9.47 Å². The quantitative estimate of drug-likeness (QED) is 0.683. The molecule has 0 bridgehead atoms. The van der Waals surface area contributed by atoms with Gasteiger partial charge in [-0.05, 0) is 48.6 Å². The first kappa shape index (κ1) is 11.8. The van der Waals surface area contributed by atoms with Gasteiger partial charge in [0.2, 0.25) is 6.79 Å². The van der Waals surface area contributed by atoms with Gasteiger partial charge in [-0.3, -0.25) is 0 Å². The molecule has 0 N–H and O–H groups in total. The molecule has 1 aliphatic carbocycles. The first-order valence-corrected chi connectivity index (χ1v) is 7.83. The van der Waals surface area contributed by atoms with Crippen LogP contribution in [-0.4, -0.2) is 23.2 Å². The van der Waals surface area contributed by atoms with Crippen molar-refractivity contribution in [1.82, 2.24) is 4.90 Å². The summed E-state index contributed by atoms with van der Waals surface area (Å²) in [5.74, 6) is 1.82. The van der Waals surface area contributed by atoms with Gasteiger partial charge in [0.25, 0.3) is 0 Å². The Balaban J connectivity index is 1.85. The van der Waals surface area contributed by atoms with Crippen LogP contribution in [0.5, 0.6) is 11.5 Å². The van der Waals surface area contributed by atoms with Gasteiger partial charge in [-0.2, -0.15) is 0 Å². The van der Waals surface area contributed by atoms with Crippen LogP contribution in [0.1, 0.15) is 36.5 Å². The molecule has 1 aromatic rings. The highest BCUT2D eigenvalue weighted by atomic mass is 32.1. The minimum absolute atomic E-state index is 0.334. The summed E-state index contributed by atoms with van der Waals surface area (Å²) in [5.41, 5.74) is 7.99. The van der Waals surface area contributed by atoms with Crippen LogP contribution in [0.3, 0.4) is 0 Å². The number of fused-ring (bicyclic) bond motifs is 3. The van der Waals surface area contributed by atoms with Crippen LogP contribution in [0, 0.1) is 0 Å². The van der Waals surface area contributed by atoms with E-state index in [2.05, 4.69) is 24.0 Å². The van der Waals surface area contributed by atoms with E-state index in [9.17, 15) is 0 Å². The molecule has 1 saturated heterocycles. The summed E-state index contributed by atoms with van der Waals surface area (Å²) in [5, 5.41) is 0. The maximum absolute atomic E-state index is 5.73. The van der Waals surface area contributed by atoms with Crippen molar-refractivity contribution in [2.24, 2.45) is 0 Å². The Morgan fingerprint density at radius 2 is 2.05 bits per heavy atom. The smallest absolute Gasteiger partial charge is 0.231 e. The number of hydrogen-bond donors (Lipinski definition) is 0. The minimum Gasteiger partial charge on any atom is -0.454 e. The van der Waals surface area contributed by atoms with Gasteiger partial charge >= 0.3 is 0 Å². The Labute approximate surface area is 128 Å². The summed E-state index contributed by atoms with van der Waals surface area (Å²) in [4.78, 5) is 3.43. The molecule has 0 amide bonds. The minimum atomic E-state index is 0.334. The van der Waals surface area contributed by atoms with Crippen LogP contribution in [0.2, 0.25) is 0 Å². The number of ether oxygens (including phenoxy) is 2. The highest BCUT2D eigenvalue weighted by Crippen LogP contribution is 2.52. The second kappa shape index (κ2) is 3.89. The second-order valence-corrected chi connectivity index (χ2v) is 6.47. The zero-order valence-electron chi connectivity index (χ0n) is 11.9. The first-order chi connectivity index (χ1) is 10.2. The standard InChI is InChI=1S/C17H15NO2S/c1-9-6-11-12-2-3-14(21)18(12)5-4-10-7-13-17(20-8-19-13)15(9)16(10)11/h6-7H,2-5,8H2,1H3. The number of allylic oxidation sites excluding steroid dienone is 4. The predicted octanol–water partition coefficient (Wildman–Crippen LogP) is 3.52. The van der Waals surface area contributed by atoms with E-state index in [-0.39, 0.29) is 0 Å². The van der Waals surface area contributed by atoms with E-state index in [1.807, 2.05) is 0 Å². The van der Waals surface area contributed by atoms with E-state index in [4.69, 9.17) is 21.7 Å². The van der Waals surface area contributed by atoms with Crippen molar-refractivity contribution in [1.29, 1.82) is 0 Å². The third-order valence-electron chi connectivity index (χ3n) is 4.89. The summed E-state index contributed by atoms with van der Waals surface area (Å²) in [6.07, 6.45) is 5.38. The second-order valence-electron chi connectivity index (χ2n) is 6.00. The van der Waals surface area contributed by atoms with Gasteiger partial charge in [0.05, 0.1) is 4.99 Å². The van der Waals surface area contributed by atoms with Gasteiger partial charge in [-0.15, -0.1) is 0 Å². The lowest BCUT2D eigenvalue weighted by molar-refractivity contribution is 0.173. The molecule has 0 aromatic heterocycles. The third kappa shape index (κ3) is 1.41. The third-order valence-corrected chi connectivity index (χ3v) is 5.31. The van der Waals surface area contributed by atoms with Crippen molar-refractivity contribution in [3.8, 4) is 11.5 Å². The van der Waals surface area contributed by atoms with E-state index < -0.39 is 0 Å². The maximum Gasteiger partial charge on any atom is 0.231 e. The summed E-state index contributed by atoms with van der Waals surface area (Å²) in [6.45, 7) is 3.48. The zero-order chi connectivity index (χ0) is 14.1. The lowest BCUT2D eigenvalue weighted by Gasteiger charge is -2.19. The molecule has 3 aliphatic heterocycles. The average molecular weight is 297 g/mol. The monoisotopic (exact) mass is 297 g/mol. The number of thiocarbonyl (C=S) groups is 1. The number of nitrogens with zero attached hydrogens (tertiary/aromatic N) is 1. The van der Waals surface area contributed by atoms with Crippen molar-refractivity contribution in [2.45, 2.75) is 26.2 Å². The average Bonchev–Trinajstić information content (AvgIpc) is 3.11. The number of hydrogen-bond acceptors (Lipinski definition) is 3. The predicted molar refractivity (Wildman–Crippen MR) is 85.4 cm³/mol. The largest absolute Gasteiger partial charge is 0.454 e. The molecule has 1 aromatic carbocycles. The highest BCUT2D eigenvalue weighted by molar-refractivity contribution is 7.80. The van der Waals surface area contributed by atoms with E-state index in [0.717, 1.165) is 42.3 Å².